The maximum absolute atomic E-state index is 13.8. The van der Waals surface area contributed by atoms with Crippen molar-refractivity contribution in [2.24, 2.45) is 0 Å². The van der Waals surface area contributed by atoms with Crippen molar-refractivity contribution in [3.05, 3.63) is 70.4 Å². The van der Waals surface area contributed by atoms with Gasteiger partial charge in [-0.25, -0.2) is 4.98 Å². The Morgan fingerprint density at radius 3 is 2.77 bits per heavy atom. The number of aromatic nitrogens is 2. The summed E-state index contributed by atoms with van der Waals surface area (Å²) in [6.07, 6.45) is -2.07. The van der Waals surface area contributed by atoms with Gasteiger partial charge in [0.15, 0.2) is 0 Å². The lowest BCUT2D eigenvalue weighted by Gasteiger charge is -2.30. The smallest absolute Gasteiger partial charge is 0.423 e. The van der Waals surface area contributed by atoms with E-state index in [1.54, 1.807) is 49.4 Å². The van der Waals surface area contributed by atoms with Crippen LogP contribution < -0.4 is 15.4 Å². The number of hydrogen-bond acceptors (Lipinski definition) is 8. The molecule has 40 heavy (non-hydrogen) atoms. The number of carbonyl (C=O) groups is 1. The van der Waals surface area contributed by atoms with E-state index in [-0.39, 0.29) is 30.3 Å². The first-order chi connectivity index (χ1) is 19.1. The Hall–Kier alpha value is -3.74. The van der Waals surface area contributed by atoms with Crippen LogP contribution in [-0.2, 0) is 24.2 Å². The van der Waals surface area contributed by atoms with E-state index in [1.807, 2.05) is 13.1 Å². The monoisotopic (exact) mass is 556 g/mol. The predicted octanol–water partition coefficient (Wildman–Crippen LogP) is 5.04. The standard InChI is InChI=1S/C28H31F3N6O3/c1-17-12-18(25(38)33-20-7-5-11-36(2)15-20)9-10-23(17)34-27-32-13-22(28(29,30)31)26(35-27)40-24-8-4-6-19-14-37(3)39-16-21(19)24/h4,6,8-10,12-13,20H,5,7,11,14-16H2,1-3H3,(H,33,38)(H,32,34,35). The van der Waals surface area contributed by atoms with Crippen molar-refractivity contribution in [2.45, 2.75) is 45.1 Å². The molecule has 2 aliphatic rings. The summed E-state index contributed by atoms with van der Waals surface area (Å²) in [5.41, 5.74) is 2.21. The molecule has 2 aliphatic heterocycles. The van der Waals surface area contributed by atoms with Crippen molar-refractivity contribution < 1.29 is 27.5 Å². The molecule has 2 aromatic carbocycles. The minimum Gasteiger partial charge on any atom is -0.438 e. The molecule has 212 valence electrons. The molecule has 1 unspecified atom stereocenters. The van der Waals surface area contributed by atoms with Gasteiger partial charge in [-0.3, -0.25) is 9.63 Å². The van der Waals surface area contributed by atoms with Crippen LogP contribution in [0.5, 0.6) is 11.6 Å². The molecule has 9 nitrogen and oxygen atoms in total. The summed E-state index contributed by atoms with van der Waals surface area (Å²) in [4.78, 5) is 28.5. The molecule has 0 bridgehead atoms. The van der Waals surface area contributed by atoms with Gasteiger partial charge in [0.1, 0.15) is 11.3 Å². The lowest BCUT2D eigenvalue weighted by Crippen LogP contribution is -2.46. The number of fused-ring (bicyclic) bond motifs is 1. The first kappa shape index (κ1) is 27.8. The highest BCUT2D eigenvalue weighted by Crippen LogP contribution is 2.39. The van der Waals surface area contributed by atoms with Gasteiger partial charge >= 0.3 is 6.18 Å². The Morgan fingerprint density at radius 1 is 1.20 bits per heavy atom. The van der Waals surface area contributed by atoms with Crippen LogP contribution in [0.4, 0.5) is 24.8 Å². The van der Waals surface area contributed by atoms with E-state index in [4.69, 9.17) is 9.57 Å². The van der Waals surface area contributed by atoms with Gasteiger partial charge in [0.05, 0.1) is 6.61 Å². The molecule has 1 aromatic heterocycles. The summed E-state index contributed by atoms with van der Waals surface area (Å²) in [5.74, 6) is -0.632. The van der Waals surface area contributed by atoms with E-state index in [2.05, 4.69) is 25.5 Å². The fourth-order valence-electron chi connectivity index (χ4n) is 4.90. The molecule has 1 saturated heterocycles. The zero-order valence-corrected chi connectivity index (χ0v) is 22.5. The Kier molecular flexibility index (Phi) is 7.92. The van der Waals surface area contributed by atoms with Crippen molar-refractivity contribution >= 4 is 17.5 Å². The van der Waals surface area contributed by atoms with Crippen LogP contribution >= 0.6 is 0 Å². The molecule has 12 heteroatoms. The Bertz CT molecular complexity index is 1400. The van der Waals surface area contributed by atoms with Gasteiger partial charge in [-0.15, -0.1) is 0 Å². The van der Waals surface area contributed by atoms with Crippen LogP contribution in [0.25, 0.3) is 0 Å². The number of aryl methyl sites for hydroxylation is 1. The second-order valence-corrected chi connectivity index (χ2v) is 10.2. The molecule has 1 amide bonds. The van der Waals surface area contributed by atoms with Crippen LogP contribution in [0, 0.1) is 6.92 Å². The first-order valence-electron chi connectivity index (χ1n) is 13.0. The summed E-state index contributed by atoms with van der Waals surface area (Å²) < 4.78 is 47.2. The largest absolute Gasteiger partial charge is 0.438 e. The third kappa shape index (κ3) is 6.35. The summed E-state index contributed by atoms with van der Waals surface area (Å²) in [5, 5.41) is 7.68. The van der Waals surface area contributed by atoms with Gasteiger partial charge in [0.2, 0.25) is 11.8 Å². The number of nitrogens with one attached hydrogen (secondary N) is 2. The summed E-state index contributed by atoms with van der Waals surface area (Å²) in [6, 6.07) is 10.3. The number of halogens is 3. The number of benzene rings is 2. The number of hydrogen-bond donors (Lipinski definition) is 2. The molecule has 0 aliphatic carbocycles. The average molecular weight is 557 g/mol. The highest BCUT2D eigenvalue weighted by molar-refractivity contribution is 5.95. The van der Waals surface area contributed by atoms with E-state index < -0.39 is 17.6 Å². The van der Waals surface area contributed by atoms with Gasteiger partial charge in [-0.2, -0.15) is 23.2 Å². The summed E-state index contributed by atoms with van der Waals surface area (Å²) >= 11 is 0. The number of likely N-dealkylation sites (N-methyl/N-ethyl adjacent to an activating group) is 1. The molecule has 1 atom stereocenters. The highest BCUT2D eigenvalue weighted by atomic mass is 19.4. The normalized spacial score (nSPS) is 18.2. The van der Waals surface area contributed by atoms with E-state index in [0.717, 1.165) is 31.5 Å². The second kappa shape index (κ2) is 11.4. The molecule has 2 N–H and O–H groups in total. The number of amides is 1. The van der Waals surface area contributed by atoms with E-state index in [1.165, 1.54) is 0 Å². The predicted molar refractivity (Wildman–Crippen MR) is 142 cm³/mol. The van der Waals surface area contributed by atoms with Gasteiger partial charge in [0.25, 0.3) is 5.91 Å². The van der Waals surface area contributed by atoms with Crippen LogP contribution in [0.15, 0.2) is 42.6 Å². The number of rotatable bonds is 6. The van der Waals surface area contributed by atoms with Gasteiger partial charge in [-0.1, -0.05) is 12.1 Å². The summed E-state index contributed by atoms with van der Waals surface area (Å²) in [7, 11) is 3.81. The quantitative estimate of drug-likeness (QED) is 0.437. The van der Waals surface area contributed by atoms with Gasteiger partial charge < -0.3 is 20.3 Å². The third-order valence-electron chi connectivity index (χ3n) is 7.01. The lowest BCUT2D eigenvalue weighted by molar-refractivity contribution is -0.168. The van der Waals surface area contributed by atoms with Crippen LogP contribution in [-0.4, -0.2) is 59.1 Å². The molecular weight excluding hydrogens is 525 g/mol. The molecule has 0 spiro atoms. The zero-order chi connectivity index (χ0) is 28.4. The van der Waals surface area contributed by atoms with Crippen LogP contribution in [0.2, 0.25) is 0 Å². The molecule has 3 heterocycles. The minimum absolute atomic E-state index is 0.0747. The fourth-order valence-corrected chi connectivity index (χ4v) is 4.90. The molecule has 0 saturated carbocycles. The maximum Gasteiger partial charge on any atom is 0.423 e. The number of carbonyl (C=O) groups excluding carboxylic acids is 1. The molecule has 3 aromatic rings. The molecule has 1 fully saturated rings. The van der Waals surface area contributed by atoms with Gasteiger partial charge in [-0.05, 0) is 68.8 Å². The maximum atomic E-state index is 13.8. The Morgan fingerprint density at radius 2 is 2.02 bits per heavy atom. The lowest BCUT2D eigenvalue weighted by atomic mass is 10.0. The van der Waals surface area contributed by atoms with Crippen molar-refractivity contribution in [2.75, 3.05) is 32.5 Å². The first-order valence-corrected chi connectivity index (χ1v) is 13.0. The van der Waals surface area contributed by atoms with Crippen molar-refractivity contribution in [1.82, 2.24) is 25.2 Å². The number of alkyl halides is 3. The van der Waals surface area contributed by atoms with E-state index in [0.29, 0.717) is 35.1 Å². The van der Waals surface area contributed by atoms with Crippen molar-refractivity contribution in [3.63, 3.8) is 0 Å². The number of hydroxylamine groups is 2. The summed E-state index contributed by atoms with van der Waals surface area (Å²) in [6.45, 7) is 4.25. The minimum atomic E-state index is -4.72. The van der Waals surface area contributed by atoms with Crippen LogP contribution in [0.1, 0.15) is 45.5 Å². The molecule has 5 rings (SSSR count). The number of ether oxygens (including phenoxy) is 1. The molecule has 0 radical (unpaired) electrons. The number of likely N-dealkylation sites (tertiary alicyclic amines) is 1. The van der Waals surface area contributed by atoms with E-state index >= 15 is 0 Å². The Balaban J connectivity index is 1.36. The van der Waals surface area contributed by atoms with E-state index in [9.17, 15) is 18.0 Å². The van der Waals surface area contributed by atoms with Crippen molar-refractivity contribution in [1.29, 1.82) is 0 Å². The van der Waals surface area contributed by atoms with Gasteiger partial charge in [0, 0.05) is 49.2 Å². The fraction of sp³-hybridized carbons (Fsp3) is 0.393. The topological polar surface area (TPSA) is 91.9 Å². The Labute approximate surface area is 230 Å². The second-order valence-electron chi connectivity index (χ2n) is 10.2. The average Bonchev–Trinajstić information content (AvgIpc) is 2.89. The number of anilines is 2. The number of nitrogens with zero attached hydrogens (tertiary/aromatic N) is 4. The van der Waals surface area contributed by atoms with Crippen molar-refractivity contribution in [3.8, 4) is 11.6 Å². The highest BCUT2D eigenvalue weighted by Gasteiger charge is 2.37. The SMILES string of the molecule is Cc1cc(C(=O)NC2CCCN(C)C2)ccc1Nc1ncc(C(F)(F)F)c(Oc2cccc3c2CON(C)C3)n1. The third-order valence-corrected chi connectivity index (χ3v) is 7.01. The number of piperidine rings is 1. The van der Waals surface area contributed by atoms with Crippen LogP contribution in [0.3, 0.4) is 0 Å². The molecular formula is C28H31F3N6O3. The zero-order valence-electron chi connectivity index (χ0n) is 22.5.